The highest BCUT2D eigenvalue weighted by Crippen LogP contribution is 2.48. The van der Waals surface area contributed by atoms with E-state index in [1.807, 2.05) is 5.01 Å². The molecule has 0 aromatic heterocycles. The molecule has 0 spiro atoms. The molecule has 6 nitrogen and oxygen atoms in total. The number of carbonyl (C=O) groups excluding carboxylic acids is 2. The van der Waals surface area contributed by atoms with Gasteiger partial charge in [-0.1, -0.05) is 12.1 Å². The molecule has 0 aliphatic carbocycles. The molecule has 0 bridgehead atoms. The molecule has 3 heterocycles. The Morgan fingerprint density at radius 1 is 0.893 bits per heavy atom. The minimum atomic E-state index is -0.507. The number of hydrazine groups is 1. The summed E-state index contributed by atoms with van der Waals surface area (Å²) < 4.78 is 18.6. The second-order valence-corrected chi connectivity index (χ2v) is 7.36. The fourth-order valence-electron chi connectivity index (χ4n) is 4.76. The number of hydrogen-bond acceptors (Lipinski definition) is 5. The van der Waals surface area contributed by atoms with Crippen molar-refractivity contribution >= 4 is 17.5 Å². The van der Waals surface area contributed by atoms with E-state index in [4.69, 9.17) is 4.74 Å². The van der Waals surface area contributed by atoms with Crippen LogP contribution in [0.2, 0.25) is 0 Å². The van der Waals surface area contributed by atoms with Gasteiger partial charge < -0.3 is 4.74 Å². The number of imide groups is 1. The zero-order valence-corrected chi connectivity index (χ0v) is 15.4. The van der Waals surface area contributed by atoms with Crippen LogP contribution in [0.1, 0.15) is 18.0 Å². The van der Waals surface area contributed by atoms with Gasteiger partial charge in [0.05, 0.1) is 24.8 Å². The van der Waals surface area contributed by atoms with Gasteiger partial charge in [0.1, 0.15) is 17.6 Å². The largest absolute Gasteiger partial charge is 0.497 e. The second kappa shape index (κ2) is 6.39. The highest BCUT2D eigenvalue weighted by atomic mass is 19.1. The molecule has 144 valence electrons. The van der Waals surface area contributed by atoms with Gasteiger partial charge in [-0.15, -0.1) is 0 Å². The van der Waals surface area contributed by atoms with Gasteiger partial charge in [0.15, 0.2) is 0 Å². The maximum Gasteiger partial charge on any atom is 0.253 e. The number of carbonyl (C=O) groups is 2. The average molecular weight is 381 g/mol. The van der Waals surface area contributed by atoms with E-state index in [0.29, 0.717) is 11.4 Å². The molecule has 3 fully saturated rings. The predicted octanol–water partition coefficient (Wildman–Crippen LogP) is 2.37. The lowest BCUT2D eigenvalue weighted by atomic mass is 9.90. The molecule has 5 rings (SSSR count). The predicted molar refractivity (Wildman–Crippen MR) is 99.9 cm³/mol. The molecule has 0 saturated carbocycles. The summed E-state index contributed by atoms with van der Waals surface area (Å²) in [5.74, 6) is -0.552. The Balaban J connectivity index is 1.55. The van der Waals surface area contributed by atoms with Crippen LogP contribution in [0.15, 0.2) is 48.5 Å². The highest BCUT2D eigenvalue weighted by Gasteiger charge is 2.62. The first kappa shape index (κ1) is 17.3. The van der Waals surface area contributed by atoms with Crippen molar-refractivity contribution < 1.29 is 18.7 Å². The number of fused-ring (bicyclic) bond motifs is 3. The zero-order chi connectivity index (χ0) is 19.4. The Morgan fingerprint density at radius 2 is 1.54 bits per heavy atom. The maximum atomic E-state index is 13.4. The molecule has 28 heavy (non-hydrogen) atoms. The van der Waals surface area contributed by atoms with Crippen LogP contribution in [-0.4, -0.2) is 48.1 Å². The summed E-state index contributed by atoms with van der Waals surface area (Å²) in [4.78, 5) is 27.9. The molecule has 3 aliphatic rings. The first-order valence-corrected chi connectivity index (χ1v) is 9.40. The molecule has 0 N–H and O–H groups in total. The average Bonchev–Trinajstić information content (AvgIpc) is 3.35. The van der Waals surface area contributed by atoms with E-state index in [1.54, 1.807) is 43.5 Å². The number of halogens is 1. The van der Waals surface area contributed by atoms with Crippen LogP contribution in [0.25, 0.3) is 0 Å². The Morgan fingerprint density at radius 3 is 2.18 bits per heavy atom. The van der Waals surface area contributed by atoms with Gasteiger partial charge in [-0.25, -0.2) is 19.3 Å². The molecular formula is C21H20FN3O3. The van der Waals surface area contributed by atoms with E-state index in [1.165, 1.54) is 17.0 Å². The quantitative estimate of drug-likeness (QED) is 0.764. The smallest absolute Gasteiger partial charge is 0.253 e. The summed E-state index contributed by atoms with van der Waals surface area (Å²) in [5.41, 5.74) is 1.41. The summed E-state index contributed by atoms with van der Waals surface area (Å²) >= 11 is 0. The number of amides is 2. The normalized spacial score (nSPS) is 27.4. The van der Waals surface area contributed by atoms with Crippen molar-refractivity contribution in [1.82, 2.24) is 10.0 Å². The molecule has 0 radical (unpaired) electrons. The van der Waals surface area contributed by atoms with Crippen LogP contribution >= 0.6 is 0 Å². The van der Waals surface area contributed by atoms with E-state index >= 15 is 0 Å². The van der Waals surface area contributed by atoms with Crippen LogP contribution < -0.4 is 9.64 Å². The van der Waals surface area contributed by atoms with E-state index in [2.05, 4.69) is 5.01 Å². The summed E-state index contributed by atoms with van der Waals surface area (Å²) in [6.07, 6.45) is 0.935. The molecule has 2 aromatic carbocycles. The minimum Gasteiger partial charge on any atom is -0.497 e. The molecule has 0 unspecified atom stereocenters. The first-order valence-electron chi connectivity index (χ1n) is 9.40. The fourth-order valence-corrected chi connectivity index (χ4v) is 4.76. The standard InChI is InChI=1S/C21H20FN3O3/c1-28-16-9-7-15(8-10-16)25-20(26)17-18(13-3-5-14(22)6-4-13)23-11-2-12-24(23)19(17)21(25)27/h3-10,17-19H,2,11-12H2,1H3/t17-,18-,19-/m0/s1. The number of nitrogens with zero attached hydrogens (tertiary/aromatic N) is 3. The van der Waals surface area contributed by atoms with Crippen LogP contribution in [0.5, 0.6) is 5.75 Å². The number of hydrogen-bond donors (Lipinski definition) is 0. The Kier molecular flexibility index (Phi) is 3.96. The Bertz CT molecular complexity index is 931. The molecule has 7 heteroatoms. The lowest BCUT2D eigenvalue weighted by Crippen LogP contribution is -2.44. The summed E-state index contributed by atoms with van der Waals surface area (Å²) in [5, 5.41) is 4.15. The highest BCUT2D eigenvalue weighted by molar-refractivity contribution is 6.24. The lowest BCUT2D eigenvalue weighted by Gasteiger charge is -2.29. The molecule has 2 amide bonds. The van der Waals surface area contributed by atoms with Gasteiger partial charge in [-0.05, 0) is 48.4 Å². The third-order valence-electron chi connectivity index (χ3n) is 5.95. The third kappa shape index (κ3) is 2.40. The van der Waals surface area contributed by atoms with E-state index in [0.717, 1.165) is 25.1 Å². The number of methoxy groups -OCH3 is 1. The van der Waals surface area contributed by atoms with Gasteiger partial charge in [-0.3, -0.25) is 9.59 Å². The van der Waals surface area contributed by atoms with E-state index in [-0.39, 0.29) is 23.7 Å². The van der Waals surface area contributed by atoms with E-state index < -0.39 is 12.0 Å². The number of ether oxygens (including phenoxy) is 1. The van der Waals surface area contributed by atoms with Crippen molar-refractivity contribution in [2.24, 2.45) is 5.92 Å². The monoisotopic (exact) mass is 381 g/mol. The van der Waals surface area contributed by atoms with Crippen LogP contribution in [0, 0.1) is 11.7 Å². The summed E-state index contributed by atoms with van der Waals surface area (Å²) in [7, 11) is 1.57. The van der Waals surface area contributed by atoms with Gasteiger partial charge in [-0.2, -0.15) is 0 Å². The maximum absolute atomic E-state index is 13.4. The number of rotatable bonds is 3. The third-order valence-corrected chi connectivity index (χ3v) is 5.95. The molecule has 2 aromatic rings. The Labute approximate surface area is 162 Å². The van der Waals surface area contributed by atoms with Crippen LogP contribution in [0.3, 0.4) is 0 Å². The second-order valence-electron chi connectivity index (χ2n) is 7.36. The molecule has 3 aliphatic heterocycles. The van der Waals surface area contributed by atoms with Crippen LogP contribution in [-0.2, 0) is 9.59 Å². The topological polar surface area (TPSA) is 53.1 Å². The van der Waals surface area contributed by atoms with Crippen molar-refractivity contribution in [2.75, 3.05) is 25.1 Å². The van der Waals surface area contributed by atoms with Gasteiger partial charge in [0.25, 0.3) is 5.91 Å². The fraction of sp³-hybridized carbons (Fsp3) is 0.333. The number of anilines is 1. The van der Waals surface area contributed by atoms with Crippen molar-refractivity contribution in [3.63, 3.8) is 0 Å². The minimum absolute atomic E-state index is 0.198. The van der Waals surface area contributed by atoms with Gasteiger partial charge in [0, 0.05) is 13.1 Å². The summed E-state index contributed by atoms with van der Waals surface area (Å²) in [6.45, 7) is 1.53. The Hall–Kier alpha value is -2.77. The molecule has 3 atom stereocenters. The van der Waals surface area contributed by atoms with Crippen LogP contribution in [0.4, 0.5) is 10.1 Å². The van der Waals surface area contributed by atoms with Gasteiger partial charge >= 0.3 is 0 Å². The van der Waals surface area contributed by atoms with Crippen molar-refractivity contribution in [1.29, 1.82) is 0 Å². The zero-order valence-electron chi connectivity index (χ0n) is 15.4. The van der Waals surface area contributed by atoms with Crippen molar-refractivity contribution in [3.8, 4) is 5.75 Å². The molecule has 3 saturated heterocycles. The summed E-state index contributed by atoms with van der Waals surface area (Å²) in [6, 6.07) is 12.4. The van der Waals surface area contributed by atoms with E-state index in [9.17, 15) is 14.0 Å². The van der Waals surface area contributed by atoms with Crippen molar-refractivity contribution in [2.45, 2.75) is 18.5 Å². The van der Waals surface area contributed by atoms with Gasteiger partial charge in [0.2, 0.25) is 5.91 Å². The van der Waals surface area contributed by atoms with Crippen molar-refractivity contribution in [3.05, 3.63) is 59.9 Å². The molecular weight excluding hydrogens is 361 g/mol. The lowest BCUT2D eigenvalue weighted by molar-refractivity contribution is -0.126. The number of benzene rings is 2. The SMILES string of the molecule is COc1ccc(N2C(=O)[C@@H]3[C@@H](C2=O)N2CCCN2[C@H]3c2ccc(F)cc2)cc1. The first-order chi connectivity index (χ1) is 13.6.